The molecule has 174 valence electrons. The van der Waals surface area contributed by atoms with Crippen LogP contribution in [0.2, 0.25) is 0 Å². The Balaban J connectivity index is 1.69. The molecular weight excluding hydrogens is 431 g/mol. The van der Waals surface area contributed by atoms with Crippen LogP contribution in [0.4, 0.5) is 9.18 Å². The summed E-state index contributed by atoms with van der Waals surface area (Å²) in [4.78, 5) is 21.2. The Morgan fingerprint density at radius 3 is 2.53 bits per heavy atom. The fourth-order valence-electron chi connectivity index (χ4n) is 4.00. The molecule has 0 aliphatic carbocycles. The first kappa shape index (κ1) is 23.2. The molecule has 0 saturated carbocycles. The van der Waals surface area contributed by atoms with Gasteiger partial charge >= 0.3 is 6.09 Å². The summed E-state index contributed by atoms with van der Waals surface area (Å²) in [6.07, 6.45) is 0.882. The second-order valence-electron chi connectivity index (χ2n) is 8.74. The van der Waals surface area contributed by atoms with Gasteiger partial charge in [0, 0.05) is 30.4 Å². The fraction of sp³-hybridized carbons (Fsp3) is 0.222. The number of halogens is 1. The lowest BCUT2D eigenvalue weighted by Crippen LogP contribution is -2.43. The number of ether oxygens (including phenoxy) is 1. The number of aryl methyl sites for hydroxylation is 1. The molecule has 4 aromatic rings. The Labute approximate surface area is 198 Å². The van der Waals surface area contributed by atoms with Crippen LogP contribution in [-0.4, -0.2) is 20.6 Å². The van der Waals surface area contributed by atoms with E-state index >= 15 is 0 Å². The molecule has 0 aliphatic rings. The van der Waals surface area contributed by atoms with Gasteiger partial charge in [-0.2, -0.15) is 4.39 Å². The lowest BCUT2D eigenvalue weighted by molar-refractivity contribution is 0.128. The average molecular weight is 459 g/mol. The number of hydrogen-bond acceptors (Lipinski definition) is 4. The molecule has 0 radical (unpaired) electrons. The predicted molar refractivity (Wildman–Crippen MR) is 129 cm³/mol. The molecule has 2 aromatic carbocycles. The second kappa shape index (κ2) is 9.47. The number of aromatic nitrogens is 3. The number of imidazole rings is 1. The molecule has 0 unspecified atom stereocenters. The van der Waals surface area contributed by atoms with Crippen LogP contribution in [0.3, 0.4) is 0 Å². The van der Waals surface area contributed by atoms with E-state index in [-0.39, 0.29) is 6.61 Å². The first-order valence-electron chi connectivity index (χ1n) is 11.0. The lowest BCUT2D eigenvalue weighted by Gasteiger charge is -2.25. The zero-order valence-electron chi connectivity index (χ0n) is 19.7. The van der Waals surface area contributed by atoms with Gasteiger partial charge in [-0.15, -0.1) is 0 Å². The number of carbonyl (C=O) groups excluding carboxylic acids is 1. The smallest absolute Gasteiger partial charge is 0.408 e. The minimum Gasteiger partial charge on any atom is -0.445 e. The first-order chi connectivity index (χ1) is 16.2. The zero-order chi connectivity index (χ0) is 24.3. The van der Waals surface area contributed by atoms with Crippen molar-refractivity contribution in [3.05, 3.63) is 95.8 Å². The van der Waals surface area contributed by atoms with Crippen molar-refractivity contribution in [2.45, 2.75) is 32.9 Å². The van der Waals surface area contributed by atoms with Crippen LogP contribution in [0.25, 0.3) is 22.5 Å². The number of carbonyl (C=O) groups is 1. The van der Waals surface area contributed by atoms with Crippen LogP contribution in [0.15, 0.2) is 72.9 Å². The normalized spacial score (nSPS) is 11.3. The molecule has 0 bridgehead atoms. The van der Waals surface area contributed by atoms with E-state index in [1.165, 1.54) is 12.3 Å². The number of amides is 1. The first-order valence-corrected chi connectivity index (χ1v) is 11.0. The topological polar surface area (TPSA) is 69.0 Å². The quantitative estimate of drug-likeness (QED) is 0.373. The monoisotopic (exact) mass is 458 g/mol. The minimum absolute atomic E-state index is 0.166. The van der Waals surface area contributed by atoms with Gasteiger partial charge in [-0.3, -0.25) is 0 Å². The molecule has 2 aromatic heterocycles. The summed E-state index contributed by atoms with van der Waals surface area (Å²) in [5.41, 5.74) is 4.08. The fourth-order valence-corrected chi connectivity index (χ4v) is 4.00. The molecule has 0 fully saturated rings. The second-order valence-corrected chi connectivity index (χ2v) is 8.74. The van der Waals surface area contributed by atoms with Gasteiger partial charge in [0.05, 0.1) is 16.9 Å². The summed E-state index contributed by atoms with van der Waals surface area (Å²) in [7, 11) is 1.86. The molecule has 0 atom stereocenters. The molecule has 0 saturated heterocycles. The average Bonchev–Trinajstić information content (AvgIpc) is 3.16. The molecule has 4 rings (SSSR count). The highest BCUT2D eigenvalue weighted by molar-refractivity contribution is 5.79. The zero-order valence-corrected chi connectivity index (χ0v) is 19.7. The van der Waals surface area contributed by atoms with E-state index in [0.717, 1.165) is 22.4 Å². The SMILES string of the molecule is Cc1cccc(-c2nc(C(C)(C)NC(=O)OCc3ccccc3)n(C)c2-c2ccnc(F)c2)c1. The van der Waals surface area contributed by atoms with Gasteiger partial charge in [-0.25, -0.2) is 14.8 Å². The van der Waals surface area contributed by atoms with Gasteiger partial charge in [-0.05, 0) is 38.5 Å². The van der Waals surface area contributed by atoms with Crippen molar-refractivity contribution < 1.29 is 13.9 Å². The lowest BCUT2D eigenvalue weighted by atomic mass is 10.0. The van der Waals surface area contributed by atoms with Gasteiger partial charge < -0.3 is 14.6 Å². The largest absolute Gasteiger partial charge is 0.445 e. The standard InChI is InChI=1S/C27H27FN4O2/c1-18-9-8-12-20(15-18)23-24(21-13-14-29-22(28)16-21)32(4)25(30-23)27(2,3)31-26(33)34-17-19-10-6-5-7-11-19/h5-16H,17H2,1-4H3,(H,31,33). The Bertz CT molecular complexity index is 1320. The molecule has 7 heteroatoms. The number of alkyl carbamates (subject to hydrolysis) is 1. The highest BCUT2D eigenvalue weighted by Crippen LogP contribution is 2.35. The Kier molecular flexibility index (Phi) is 6.45. The third-order valence-corrected chi connectivity index (χ3v) is 5.57. The number of rotatable bonds is 6. The van der Waals surface area contributed by atoms with Crippen molar-refractivity contribution in [2.24, 2.45) is 7.05 Å². The van der Waals surface area contributed by atoms with Crippen LogP contribution in [-0.2, 0) is 23.9 Å². The van der Waals surface area contributed by atoms with Crippen LogP contribution in [0.5, 0.6) is 0 Å². The number of pyridine rings is 1. The van der Waals surface area contributed by atoms with E-state index < -0.39 is 17.6 Å². The van der Waals surface area contributed by atoms with Crippen molar-refractivity contribution in [2.75, 3.05) is 0 Å². The molecule has 0 spiro atoms. The summed E-state index contributed by atoms with van der Waals surface area (Å²) < 4.78 is 21.3. The van der Waals surface area contributed by atoms with Crippen LogP contribution >= 0.6 is 0 Å². The van der Waals surface area contributed by atoms with Gasteiger partial charge in [-0.1, -0.05) is 54.1 Å². The number of hydrogen-bond donors (Lipinski definition) is 1. The van der Waals surface area contributed by atoms with E-state index in [1.54, 1.807) is 6.07 Å². The van der Waals surface area contributed by atoms with Crippen molar-refractivity contribution in [3.63, 3.8) is 0 Å². The molecule has 0 aliphatic heterocycles. The molecular formula is C27H27FN4O2. The van der Waals surface area contributed by atoms with E-state index in [4.69, 9.17) is 9.72 Å². The Morgan fingerprint density at radius 1 is 1.06 bits per heavy atom. The number of nitrogens with one attached hydrogen (secondary N) is 1. The van der Waals surface area contributed by atoms with Crippen molar-refractivity contribution >= 4 is 6.09 Å². The molecule has 1 N–H and O–H groups in total. The van der Waals surface area contributed by atoms with Gasteiger partial charge in [0.2, 0.25) is 5.95 Å². The third-order valence-electron chi connectivity index (χ3n) is 5.57. The third kappa shape index (κ3) is 4.98. The summed E-state index contributed by atoms with van der Waals surface area (Å²) in [6, 6.07) is 20.6. The van der Waals surface area contributed by atoms with Crippen molar-refractivity contribution in [3.8, 4) is 22.5 Å². The van der Waals surface area contributed by atoms with Crippen LogP contribution < -0.4 is 5.32 Å². The summed E-state index contributed by atoms with van der Waals surface area (Å²) in [5, 5.41) is 2.92. The Morgan fingerprint density at radius 2 is 1.82 bits per heavy atom. The van der Waals surface area contributed by atoms with Crippen LogP contribution in [0.1, 0.15) is 30.8 Å². The summed E-state index contributed by atoms with van der Waals surface area (Å²) >= 11 is 0. The van der Waals surface area contributed by atoms with E-state index in [0.29, 0.717) is 17.1 Å². The predicted octanol–water partition coefficient (Wildman–Crippen LogP) is 5.76. The van der Waals surface area contributed by atoms with Crippen LogP contribution in [0, 0.1) is 12.9 Å². The molecule has 1 amide bonds. The summed E-state index contributed by atoms with van der Waals surface area (Å²) in [5.74, 6) is 0.0326. The van der Waals surface area contributed by atoms with Gasteiger partial charge in [0.15, 0.2) is 0 Å². The van der Waals surface area contributed by atoms with Crippen molar-refractivity contribution in [1.29, 1.82) is 0 Å². The van der Waals surface area contributed by atoms with Crippen molar-refractivity contribution in [1.82, 2.24) is 19.9 Å². The van der Waals surface area contributed by atoms with Gasteiger partial charge in [0.1, 0.15) is 12.4 Å². The van der Waals surface area contributed by atoms with E-state index in [2.05, 4.69) is 10.3 Å². The highest BCUT2D eigenvalue weighted by Gasteiger charge is 2.31. The Hall–Kier alpha value is -4.00. The molecule has 2 heterocycles. The maximum Gasteiger partial charge on any atom is 0.408 e. The minimum atomic E-state index is -0.870. The highest BCUT2D eigenvalue weighted by atomic mass is 19.1. The maximum atomic E-state index is 14.0. The van der Waals surface area contributed by atoms with Gasteiger partial charge in [0.25, 0.3) is 0 Å². The van der Waals surface area contributed by atoms with E-state index in [1.807, 2.05) is 87.0 Å². The summed E-state index contributed by atoms with van der Waals surface area (Å²) in [6.45, 7) is 5.89. The number of nitrogens with zero attached hydrogens (tertiary/aromatic N) is 3. The maximum absolute atomic E-state index is 14.0. The molecule has 34 heavy (non-hydrogen) atoms. The number of benzene rings is 2. The van der Waals surface area contributed by atoms with E-state index in [9.17, 15) is 9.18 Å². The molecule has 6 nitrogen and oxygen atoms in total.